The molecule has 26 heavy (non-hydrogen) atoms. The van der Waals surface area contributed by atoms with E-state index in [-0.39, 0.29) is 5.82 Å². The number of cyclic esters (lactones) is 1. The third-order valence-electron chi connectivity index (χ3n) is 4.74. The van der Waals surface area contributed by atoms with Gasteiger partial charge in [0.2, 0.25) is 0 Å². The van der Waals surface area contributed by atoms with E-state index < -0.39 is 17.7 Å². The summed E-state index contributed by atoms with van der Waals surface area (Å²) in [6.07, 6.45) is 2.99. The Morgan fingerprint density at radius 3 is 2.50 bits per heavy atom. The van der Waals surface area contributed by atoms with Crippen LogP contribution in [0.15, 0.2) is 73.1 Å². The third-order valence-corrected chi connectivity index (χ3v) is 4.74. The SMILES string of the molecule is C[C@]1(c2ccc(F)cc2)OC(=O)N[C@H]1c1cncc(-c2ccccc2)c1. The van der Waals surface area contributed by atoms with Crippen molar-refractivity contribution in [1.29, 1.82) is 0 Å². The number of hydrogen-bond acceptors (Lipinski definition) is 3. The molecular weight excluding hydrogens is 331 g/mol. The van der Waals surface area contributed by atoms with Crippen LogP contribution in [0.4, 0.5) is 9.18 Å². The molecule has 5 heteroatoms. The van der Waals surface area contributed by atoms with Gasteiger partial charge in [-0.1, -0.05) is 42.5 Å². The van der Waals surface area contributed by atoms with Crippen LogP contribution in [-0.4, -0.2) is 11.1 Å². The quantitative estimate of drug-likeness (QED) is 0.753. The maximum atomic E-state index is 13.3. The van der Waals surface area contributed by atoms with Crippen LogP contribution in [0.5, 0.6) is 0 Å². The lowest BCUT2D eigenvalue weighted by atomic mass is 9.84. The number of pyridine rings is 1. The average Bonchev–Trinajstić information content (AvgIpc) is 2.98. The van der Waals surface area contributed by atoms with E-state index >= 15 is 0 Å². The number of nitrogens with one attached hydrogen (secondary N) is 1. The maximum absolute atomic E-state index is 13.3. The van der Waals surface area contributed by atoms with Gasteiger partial charge in [0, 0.05) is 18.0 Å². The summed E-state index contributed by atoms with van der Waals surface area (Å²) in [5.74, 6) is -0.334. The minimum atomic E-state index is -0.957. The number of hydrogen-bond donors (Lipinski definition) is 1. The second-order valence-corrected chi connectivity index (χ2v) is 6.45. The third kappa shape index (κ3) is 2.81. The van der Waals surface area contributed by atoms with E-state index in [0.717, 1.165) is 16.7 Å². The van der Waals surface area contributed by atoms with Gasteiger partial charge in [0.05, 0.1) is 0 Å². The number of nitrogens with zero attached hydrogens (tertiary/aromatic N) is 1. The zero-order valence-corrected chi connectivity index (χ0v) is 14.1. The van der Waals surface area contributed by atoms with Crippen molar-refractivity contribution in [2.45, 2.75) is 18.6 Å². The molecule has 1 aliphatic rings. The predicted octanol–water partition coefficient (Wildman–Crippen LogP) is 4.58. The minimum absolute atomic E-state index is 0.334. The topological polar surface area (TPSA) is 51.2 Å². The van der Waals surface area contributed by atoms with Crippen LogP contribution < -0.4 is 5.32 Å². The number of aromatic nitrogens is 1. The molecule has 0 saturated carbocycles. The summed E-state index contributed by atoms with van der Waals surface area (Å²) in [6, 6.07) is 17.4. The van der Waals surface area contributed by atoms with Crippen LogP contribution in [0.1, 0.15) is 24.1 Å². The van der Waals surface area contributed by atoms with Gasteiger partial charge in [-0.3, -0.25) is 4.98 Å². The Bertz CT molecular complexity index is 944. The number of carbonyl (C=O) groups excluding carboxylic acids is 1. The highest BCUT2D eigenvalue weighted by atomic mass is 19.1. The van der Waals surface area contributed by atoms with E-state index in [4.69, 9.17) is 4.74 Å². The van der Waals surface area contributed by atoms with Crippen molar-refractivity contribution in [3.63, 3.8) is 0 Å². The fraction of sp³-hybridized carbons (Fsp3) is 0.143. The number of ether oxygens (including phenoxy) is 1. The molecule has 130 valence electrons. The number of benzene rings is 2. The highest BCUT2D eigenvalue weighted by Gasteiger charge is 2.47. The van der Waals surface area contributed by atoms with Crippen molar-refractivity contribution in [2.75, 3.05) is 0 Å². The van der Waals surface area contributed by atoms with Gasteiger partial charge in [0.15, 0.2) is 5.60 Å². The van der Waals surface area contributed by atoms with E-state index in [0.29, 0.717) is 5.56 Å². The summed E-state index contributed by atoms with van der Waals surface area (Å²) in [5.41, 5.74) is 2.57. The molecule has 2 heterocycles. The van der Waals surface area contributed by atoms with Crippen molar-refractivity contribution in [1.82, 2.24) is 10.3 Å². The average molecular weight is 348 g/mol. The summed E-state index contributed by atoms with van der Waals surface area (Å²) in [5, 5.41) is 2.86. The van der Waals surface area contributed by atoms with E-state index in [1.807, 2.05) is 43.3 Å². The van der Waals surface area contributed by atoms with Gasteiger partial charge in [-0.25, -0.2) is 9.18 Å². The molecule has 0 radical (unpaired) electrons. The smallest absolute Gasteiger partial charge is 0.408 e. The summed E-state index contributed by atoms with van der Waals surface area (Å²) < 4.78 is 18.9. The minimum Gasteiger partial charge on any atom is -0.436 e. The van der Waals surface area contributed by atoms with Gasteiger partial charge in [0.1, 0.15) is 11.9 Å². The van der Waals surface area contributed by atoms with E-state index in [1.165, 1.54) is 12.1 Å². The van der Waals surface area contributed by atoms with Crippen molar-refractivity contribution >= 4 is 6.09 Å². The van der Waals surface area contributed by atoms with E-state index in [2.05, 4.69) is 10.3 Å². The molecule has 1 N–H and O–H groups in total. The number of amides is 1. The van der Waals surface area contributed by atoms with Crippen LogP contribution in [0, 0.1) is 5.82 Å². The summed E-state index contributed by atoms with van der Waals surface area (Å²) in [4.78, 5) is 16.3. The molecule has 3 aromatic rings. The van der Waals surface area contributed by atoms with Crippen LogP contribution in [0.2, 0.25) is 0 Å². The Labute approximate surface area is 150 Å². The van der Waals surface area contributed by atoms with Crippen LogP contribution >= 0.6 is 0 Å². The van der Waals surface area contributed by atoms with E-state index in [9.17, 15) is 9.18 Å². The Kier molecular flexibility index (Phi) is 3.92. The molecule has 1 aromatic heterocycles. The molecule has 1 aliphatic heterocycles. The summed E-state index contributed by atoms with van der Waals surface area (Å²) >= 11 is 0. The molecule has 4 rings (SSSR count). The molecule has 1 fully saturated rings. The Morgan fingerprint density at radius 2 is 1.77 bits per heavy atom. The number of halogens is 1. The Hall–Kier alpha value is -3.21. The molecular formula is C21H17FN2O2. The normalized spacial score (nSPS) is 21.9. The molecule has 1 saturated heterocycles. The molecule has 0 bridgehead atoms. The number of rotatable bonds is 3. The summed E-state index contributed by atoms with van der Waals surface area (Å²) in [6.45, 7) is 1.82. The largest absolute Gasteiger partial charge is 0.436 e. The van der Waals surface area contributed by atoms with Crippen LogP contribution in [0.3, 0.4) is 0 Å². The van der Waals surface area contributed by atoms with Gasteiger partial charge in [-0.15, -0.1) is 0 Å². The standard InChI is InChI=1S/C21H17FN2O2/c1-21(17-7-9-18(22)10-8-17)19(24-20(25)26-21)16-11-15(12-23-13-16)14-5-3-2-4-6-14/h2-13,19H,1H3,(H,24,25)/t19-,21+/m0/s1. The van der Waals surface area contributed by atoms with Crippen molar-refractivity contribution in [3.8, 4) is 11.1 Å². The van der Waals surface area contributed by atoms with Crippen molar-refractivity contribution < 1.29 is 13.9 Å². The zero-order chi connectivity index (χ0) is 18.1. The Morgan fingerprint density at radius 1 is 1.04 bits per heavy atom. The second kappa shape index (κ2) is 6.26. The fourth-order valence-corrected chi connectivity index (χ4v) is 3.35. The van der Waals surface area contributed by atoms with Gasteiger partial charge >= 0.3 is 6.09 Å². The first kappa shape index (κ1) is 16.3. The highest BCUT2D eigenvalue weighted by molar-refractivity contribution is 5.72. The molecule has 0 aliphatic carbocycles. The predicted molar refractivity (Wildman–Crippen MR) is 95.8 cm³/mol. The lowest BCUT2D eigenvalue weighted by Gasteiger charge is -2.29. The lowest BCUT2D eigenvalue weighted by Crippen LogP contribution is -2.31. The van der Waals surface area contributed by atoms with E-state index in [1.54, 1.807) is 24.5 Å². The molecule has 0 spiro atoms. The van der Waals surface area contributed by atoms with Crippen LogP contribution in [-0.2, 0) is 10.3 Å². The number of carbonyl (C=O) groups is 1. The zero-order valence-electron chi connectivity index (χ0n) is 14.1. The molecule has 4 nitrogen and oxygen atoms in total. The maximum Gasteiger partial charge on any atom is 0.408 e. The lowest BCUT2D eigenvalue weighted by molar-refractivity contribution is 0.0494. The van der Waals surface area contributed by atoms with Crippen molar-refractivity contribution in [3.05, 3.63) is 90.0 Å². The first-order valence-electron chi connectivity index (χ1n) is 8.32. The molecule has 1 amide bonds. The van der Waals surface area contributed by atoms with Crippen LogP contribution in [0.25, 0.3) is 11.1 Å². The molecule has 2 atom stereocenters. The van der Waals surface area contributed by atoms with Gasteiger partial charge < -0.3 is 10.1 Å². The second-order valence-electron chi connectivity index (χ2n) is 6.45. The first-order valence-corrected chi connectivity index (χ1v) is 8.32. The van der Waals surface area contributed by atoms with Crippen molar-refractivity contribution in [2.24, 2.45) is 0 Å². The Balaban J connectivity index is 1.76. The summed E-state index contributed by atoms with van der Waals surface area (Å²) in [7, 11) is 0. The molecule has 0 unspecified atom stereocenters. The first-order chi connectivity index (χ1) is 12.6. The molecule has 2 aromatic carbocycles. The number of alkyl carbamates (subject to hydrolysis) is 1. The van der Waals surface area contributed by atoms with Gasteiger partial charge in [-0.2, -0.15) is 0 Å². The van der Waals surface area contributed by atoms with Gasteiger partial charge in [-0.05, 0) is 41.8 Å². The fourth-order valence-electron chi connectivity index (χ4n) is 3.35. The van der Waals surface area contributed by atoms with Gasteiger partial charge in [0.25, 0.3) is 0 Å². The highest BCUT2D eigenvalue weighted by Crippen LogP contribution is 2.43. The monoisotopic (exact) mass is 348 g/mol.